The third kappa shape index (κ3) is 5.66. The predicted molar refractivity (Wildman–Crippen MR) is 61.8 cm³/mol. The van der Waals surface area contributed by atoms with Crippen LogP contribution >= 0.6 is 0 Å². The molecular weight excluding hydrogens is 190 g/mol. The molecule has 0 rings (SSSR count). The molecule has 0 saturated carbocycles. The van der Waals surface area contributed by atoms with Gasteiger partial charge < -0.3 is 5.11 Å². The number of hydrogen-bond acceptors (Lipinski definition) is 3. The summed E-state index contributed by atoms with van der Waals surface area (Å²) in [6.45, 7) is 10.8. The van der Waals surface area contributed by atoms with E-state index < -0.39 is 0 Å². The average Bonchev–Trinajstić information content (AvgIpc) is 2.17. The van der Waals surface area contributed by atoms with Crippen LogP contribution in [0.4, 0.5) is 0 Å². The first kappa shape index (κ1) is 13.4. The second kappa shape index (κ2) is 7.77. The van der Waals surface area contributed by atoms with Crippen LogP contribution in [0.2, 0.25) is 0 Å². The Morgan fingerprint density at radius 3 is 2.40 bits per heavy atom. The van der Waals surface area contributed by atoms with Crippen molar-refractivity contribution in [3.05, 3.63) is 42.2 Å². The van der Waals surface area contributed by atoms with Crippen molar-refractivity contribution in [1.29, 1.82) is 5.39 Å². The van der Waals surface area contributed by atoms with Crippen molar-refractivity contribution in [2.75, 3.05) is 13.1 Å². The lowest BCUT2D eigenvalue weighted by atomic mass is 10.1. The summed E-state index contributed by atoms with van der Waals surface area (Å²) in [7, 11) is 0. The Bertz CT molecular complexity index is 268. The van der Waals surface area contributed by atoms with Crippen LogP contribution in [-0.2, 0) is 0 Å². The summed E-state index contributed by atoms with van der Waals surface area (Å²) in [5.74, 6) is 0.0584. The Kier molecular flexibility index (Phi) is 6.94. The first-order valence-electron chi connectivity index (χ1n) is 4.83. The number of aliphatic hydroxyl groups excluding tert-OH is 1. The average molecular weight is 208 g/mol. The fourth-order valence-corrected chi connectivity index (χ4v) is 1.32. The molecule has 0 saturated heterocycles. The van der Waals surface area contributed by atoms with Crippen LogP contribution in [0.25, 0.3) is 4.98 Å². The summed E-state index contributed by atoms with van der Waals surface area (Å²) < 4.78 is 0. The number of nitrogens with zero attached hydrogens (tertiary/aromatic N) is 3. The van der Waals surface area contributed by atoms with E-state index in [1.54, 1.807) is 12.2 Å². The van der Waals surface area contributed by atoms with Crippen molar-refractivity contribution < 1.29 is 5.11 Å². The van der Waals surface area contributed by atoms with Crippen molar-refractivity contribution in [3.63, 3.8) is 0 Å². The van der Waals surface area contributed by atoms with E-state index >= 15 is 0 Å². The molecule has 0 fully saturated rings. The monoisotopic (exact) mass is 208 g/mol. The first-order chi connectivity index (χ1) is 7.15. The van der Waals surface area contributed by atoms with Crippen molar-refractivity contribution in [3.8, 4) is 0 Å². The van der Waals surface area contributed by atoms with Crippen molar-refractivity contribution in [1.82, 2.24) is 4.90 Å². The maximum absolute atomic E-state index is 9.33. The van der Waals surface area contributed by atoms with Gasteiger partial charge in [-0.15, -0.1) is 13.2 Å². The van der Waals surface area contributed by atoms with Gasteiger partial charge in [0.05, 0.1) is 0 Å². The van der Waals surface area contributed by atoms with Crippen LogP contribution in [0.3, 0.4) is 0 Å². The summed E-state index contributed by atoms with van der Waals surface area (Å²) >= 11 is 0. The maximum atomic E-state index is 9.33. The third-order valence-electron chi connectivity index (χ3n) is 2.06. The molecule has 4 nitrogen and oxygen atoms in total. The molecule has 0 bridgehead atoms. The third-order valence-corrected chi connectivity index (χ3v) is 2.06. The molecule has 0 aromatic rings. The lowest BCUT2D eigenvalue weighted by Gasteiger charge is -2.25. The van der Waals surface area contributed by atoms with Gasteiger partial charge in [0.25, 0.3) is 0 Å². The SMILES string of the molecule is C=CCN(CC=C)C(C)C/C(O)=C/[N+]#N. The van der Waals surface area contributed by atoms with Gasteiger partial charge in [0.15, 0.2) is 10.7 Å². The molecule has 1 unspecified atom stereocenters. The molecule has 0 aliphatic rings. The lowest BCUT2D eigenvalue weighted by molar-refractivity contribution is 0.231. The fourth-order valence-electron chi connectivity index (χ4n) is 1.32. The molecule has 4 heteroatoms. The molecule has 0 aromatic heterocycles. The molecule has 0 aliphatic carbocycles. The minimum absolute atomic E-state index is 0.0584. The van der Waals surface area contributed by atoms with Gasteiger partial charge in [-0.05, 0) is 6.92 Å². The van der Waals surface area contributed by atoms with E-state index in [2.05, 4.69) is 23.0 Å². The molecule has 1 N–H and O–H groups in total. The Hall–Kier alpha value is -1.60. The summed E-state index contributed by atoms with van der Waals surface area (Å²) in [6.07, 6.45) is 5.08. The molecule has 0 aliphatic heterocycles. The largest absolute Gasteiger partial charge is 0.505 e. The quantitative estimate of drug-likeness (QED) is 0.397. The van der Waals surface area contributed by atoms with Crippen LogP contribution in [0, 0.1) is 5.39 Å². The molecule has 0 spiro atoms. The van der Waals surface area contributed by atoms with Gasteiger partial charge in [-0.2, -0.15) is 0 Å². The smallest absolute Gasteiger partial charge is 0.387 e. The van der Waals surface area contributed by atoms with Crippen molar-refractivity contribution in [2.45, 2.75) is 19.4 Å². The van der Waals surface area contributed by atoms with Crippen LogP contribution < -0.4 is 0 Å². The number of aliphatic hydroxyl groups is 1. The number of diazo groups is 1. The summed E-state index contributed by atoms with van der Waals surface area (Å²) in [4.78, 5) is 4.87. The van der Waals surface area contributed by atoms with Gasteiger partial charge in [-0.3, -0.25) is 4.90 Å². The van der Waals surface area contributed by atoms with E-state index in [0.717, 1.165) is 19.3 Å². The van der Waals surface area contributed by atoms with Gasteiger partial charge in [0.2, 0.25) is 5.39 Å². The standard InChI is InChI=1S/C11H17N3O/c1-4-6-14(7-5-2)10(3)8-11(15)9-13-12/h4-5,9-10H,1-2,6-8H2,3H3/p+1/b11-9-. The van der Waals surface area contributed by atoms with E-state index in [1.807, 2.05) is 6.92 Å². The molecule has 15 heavy (non-hydrogen) atoms. The lowest BCUT2D eigenvalue weighted by Crippen LogP contribution is -2.33. The van der Waals surface area contributed by atoms with E-state index in [-0.39, 0.29) is 11.8 Å². The normalized spacial score (nSPS) is 13.3. The van der Waals surface area contributed by atoms with Gasteiger partial charge in [0, 0.05) is 25.6 Å². The summed E-state index contributed by atoms with van der Waals surface area (Å²) in [5.41, 5.74) is 0. The Labute approximate surface area is 90.8 Å². The van der Waals surface area contributed by atoms with Crippen LogP contribution in [0.15, 0.2) is 37.3 Å². The minimum Gasteiger partial charge on any atom is -0.505 e. The van der Waals surface area contributed by atoms with E-state index in [9.17, 15) is 5.11 Å². The van der Waals surface area contributed by atoms with E-state index in [1.165, 1.54) is 0 Å². The molecule has 0 amide bonds. The zero-order valence-electron chi connectivity index (χ0n) is 9.13. The van der Waals surface area contributed by atoms with Gasteiger partial charge in [-0.25, -0.2) is 0 Å². The number of hydrogen-bond donors (Lipinski definition) is 1. The Balaban J connectivity index is 4.30. The van der Waals surface area contributed by atoms with Gasteiger partial charge in [-0.1, -0.05) is 12.2 Å². The molecule has 0 heterocycles. The Morgan fingerprint density at radius 2 is 2.00 bits per heavy atom. The minimum atomic E-state index is 0.0584. The molecular formula is C11H18N3O+. The molecule has 0 radical (unpaired) electrons. The predicted octanol–water partition coefficient (Wildman–Crippen LogP) is 2.69. The fraction of sp³-hybridized carbons (Fsp3) is 0.455. The molecule has 1 atom stereocenters. The molecule has 82 valence electrons. The van der Waals surface area contributed by atoms with Gasteiger partial charge >= 0.3 is 6.20 Å². The highest BCUT2D eigenvalue weighted by atomic mass is 16.3. The van der Waals surface area contributed by atoms with Gasteiger partial charge in [0.1, 0.15) is 0 Å². The topological polar surface area (TPSA) is 51.6 Å². The van der Waals surface area contributed by atoms with Crippen molar-refractivity contribution in [2.24, 2.45) is 0 Å². The zero-order valence-corrected chi connectivity index (χ0v) is 9.13. The first-order valence-corrected chi connectivity index (χ1v) is 4.83. The van der Waals surface area contributed by atoms with E-state index in [0.29, 0.717) is 6.42 Å². The summed E-state index contributed by atoms with van der Waals surface area (Å²) in [6, 6.07) is 0.138. The highest BCUT2D eigenvalue weighted by Crippen LogP contribution is 2.09. The summed E-state index contributed by atoms with van der Waals surface area (Å²) in [5, 5.41) is 17.6. The number of rotatable bonds is 7. The second-order valence-corrected chi connectivity index (χ2v) is 3.32. The second-order valence-electron chi connectivity index (χ2n) is 3.32. The van der Waals surface area contributed by atoms with Crippen LogP contribution in [0.1, 0.15) is 13.3 Å². The highest BCUT2D eigenvalue weighted by molar-refractivity contribution is 4.98. The van der Waals surface area contributed by atoms with Crippen LogP contribution in [0.5, 0.6) is 0 Å². The molecule has 0 aromatic carbocycles. The zero-order chi connectivity index (χ0) is 11.7. The maximum Gasteiger partial charge on any atom is 0.387 e. The Morgan fingerprint density at radius 1 is 1.47 bits per heavy atom. The van der Waals surface area contributed by atoms with Crippen molar-refractivity contribution >= 4 is 0 Å². The highest BCUT2D eigenvalue weighted by Gasteiger charge is 2.14. The van der Waals surface area contributed by atoms with E-state index in [4.69, 9.17) is 5.39 Å². The van der Waals surface area contributed by atoms with Crippen LogP contribution in [-0.4, -0.2) is 29.1 Å².